The summed E-state index contributed by atoms with van der Waals surface area (Å²) in [7, 11) is 1.58. The SMILES string of the molecule is CCN(Cc1nc(-c2ccc(OC)cc2)no1)C(=O)c1ccc([N+](=O)[O-])cc1Cl. The van der Waals surface area contributed by atoms with Crippen LogP contribution in [0.5, 0.6) is 5.75 Å². The Balaban J connectivity index is 1.77. The maximum Gasteiger partial charge on any atom is 0.270 e. The third-order valence-electron chi connectivity index (χ3n) is 4.21. The Morgan fingerprint density at radius 1 is 1.28 bits per heavy atom. The molecule has 0 spiro atoms. The average Bonchev–Trinajstić information content (AvgIpc) is 3.20. The summed E-state index contributed by atoms with van der Waals surface area (Å²) in [6.45, 7) is 2.22. The molecule has 1 aromatic heterocycles. The molecule has 0 saturated heterocycles. The van der Waals surface area contributed by atoms with Crippen molar-refractivity contribution in [3.05, 3.63) is 69.1 Å². The Hall–Kier alpha value is -3.46. The highest BCUT2D eigenvalue weighted by Crippen LogP contribution is 2.25. The quantitative estimate of drug-likeness (QED) is 0.423. The summed E-state index contributed by atoms with van der Waals surface area (Å²) in [5, 5.41) is 14.8. The van der Waals surface area contributed by atoms with Crippen molar-refractivity contribution in [2.45, 2.75) is 13.5 Å². The summed E-state index contributed by atoms with van der Waals surface area (Å²) >= 11 is 6.07. The summed E-state index contributed by atoms with van der Waals surface area (Å²) in [5.41, 5.74) is 0.721. The minimum absolute atomic E-state index is 0.00657. The van der Waals surface area contributed by atoms with Gasteiger partial charge in [-0.25, -0.2) is 0 Å². The fourth-order valence-corrected chi connectivity index (χ4v) is 2.88. The van der Waals surface area contributed by atoms with Crippen molar-refractivity contribution in [2.75, 3.05) is 13.7 Å². The molecule has 9 nitrogen and oxygen atoms in total. The summed E-state index contributed by atoms with van der Waals surface area (Å²) in [5.74, 6) is 0.959. The van der Waals surface area contributed by atoms with Gasteiger partial charge in [0, 0.05) is 24.2 Å². The van der Waals surface area contributed by atoms with Crippen LogP contribution in [0.3, 0.4) is 0 Å². The van der Waals surface area contributed by atoms with Crippen LogP contribution in [-0.4, -0.2) is 39.5 Å². The van der Waals surface area contributed by atoms with Gasteiger partial charge in [-0.3, -0.25) is 14.9 Å². The van der Waals surface area contributed by atoms with Gasteiger partial charge in [0.05, 0.1) is 22.6 Å². The molecule has 0 aliphatic carbocycles. The first-order chi connectivity index (χ1) is 13.9. The molecule has 0 saturated carbocycles. The molecule has 0 aliphatic rings. The third-order valence-corrected chi connectivity index (χ3v) is 4.52. The number of nitro benzene ring substituents is 1. The smallest absolute Gasteiger partial charge is 0.270 e. The van der Waals surface area contributed by atoms with E-state index in [0.29, 0.717) is 18.1 Å². The topological polar surface area (TPSA) is 112 Å². The van der Waals surface area contributed by atoms with Crippen LogP contribution in [0.4, 0.5) is 5.69 Å². The maximum absolute atomic E-state index is 12.8. The molecule has 2 aromatic carbocycles. The van der Waals surface area contributed by atoms with E-state index in [1.807, 2.05) is 0 Å². The van der Waals surface area contributed by atoms with E-state index in [1.165, 1.54) is 17.0 Å². The fraction of sp³-hybridized carbons (Fsp3) is 0.211. The molecule has 1 heterocycles. The maximum atomic E-state index is 12.8. The van der Waals surface area contributed by atoms with E-state index in [2.05, 4.69) is 10.1 Å². The first kappa shape index (κ1) is 20.3. The van der Waals surface area contributed by atoms with Gasteiger partial charge in [-0.05, 0) is 37.3 Å². The number of aromatic nitrogens is 2. The molecule has 0 N–H and O–H groups in total. The first-order valence-corrected chi connectivity index (χ1v) is 9.01. The van der Waals surface area contributed by atoms with Gasteiger partial charge in [-0.1, -0.05) is 16.8 Å². The monoisotopic (exact) mass is 416 g/mol. The molecule has 0 bridgehead atoms. The lowest BCUT2D eigenvalue weighted by molar-refractivity contribution is -0.384. The lowest BCUT2D eigenvalue weighted by Gasteiger charge is -2.19. The number of benzene rings is 2. The molecule has 3 rings (SSSR count). The Morgan fingerprint density at radius 2 is 2.00 bits per heavy atom. The van der Waals surface area contributed by atoms with Crippen LogP contribution >= 0.6 is 11.6 Å². The van der Waals surface area contributed by atoms with E-state index in [9.17, 15) is 14.9 Å². The number of carbonyl (C=O) groups is 1. The number of hydrogen-bond acceptors (Lipinski definition) is 7. The number of ether oxygens (including phenoxy) is 1. The average molecular weight is 417 g/mol. The second kappa shape index (κ2) is 8.70. The van der Waals surface area contributed by atoms with E-state index < -0.39 is 10.8 Å². The first-order valence-electron chi connectivity index (χ1n) is 8.63. The largest absolute Gasteiger partial charge is 0.497 e. The van der Waals surface area contributed by atoms with Crippen molar-refractivity contribution in [2.24, 2.45) is 0 Å². The van der Waals surface area contributed by atoms with Crippen molar-refractivity contribution >= 4 is 23.2 Å². The van der Waals surface area contributed by atoms with E-state index in [0.717, 1.165) is 11.6 Å². The highest BCUT2D eigenvalue weighted by molar-refractivity contribution is 6.34. The number of non-ortho nitro benzene ring substituents is 1. The molecule has 0 radical (unpaired) electrons. The van der Waals surface area contributed by atoms with Gasteiger partial charge in [0.25, 0.3) is 11.6 Å². The van der Waals surface area contributed by atoms with Crippen molar-refractivity contribution in [3.8, 4) is 17.1 Å². The van der Waals surface area contributed by atoms with Crippen molar-refractivity contribution in [3.63, 3.8) is 0 Å². The third kappa shape index (κ3) is 4.52. The zero-order chi connectivity index (χ0) is 21.0. The van der Waals surface area contributed by atoms with E-state index in [1.54, 1.807) is 38.3 Å². The van der Waals surface area contributed by atoms with Crippen LogP contribution in [0, 0.1) is 10.1 Å². The Labute approximate surface area is 171 Å². The standard InChI is InChI=1S/C19H17ClN4O5/c1-3-23(19(25)15-9-6-13(24(26)27)10-16(15)20)11-17-21-18(22-29-17)12-4-7-14(28-2)8-5-12/h4-10H,3,11H2,1-2H3. The second-order valence-corrected chi connectivity index (χ2v) is 6.39. The number of methoxy groups -OCH3 is 1. The normalized spacial score (nSPS) is 10.6. The number of rotatable bonds is 7. The van der Waals surface area contributed by atoms with Gasteiger partial charge in [0.1, 0.15) is 12.3 Å². The number of halogens is 1. The van der Waals surface area contributed by atoms with E-state index in [-0.39, 0.29) is 28.7 Å². The molecule has 29 heavy (non-hydrogen) atoms. The van der Waals surface area contributed by atoms with Crippen LogP contribution in [0.2, 0.25) is 5.02 Å². The Morgan fingerprint density at radius 3 is 2.59 bits per heavy atom. The molecular formula is C19H17ClN4O5. The molecule has 0 atom stereocenters. The number of carbonyl (C=O) groups excluding carboxylic acids is 1. The van der Waals surface area contributed by atoms with Crippen LogP contribution in [-0.2, 0) is 6.54 Å². The zero-order valence-corrected chi connectivity index (χ0v) is 16.4. The van der Waals surface area contributed by atoms with Gasteiger partial charge in [-0.15, -0.1) is 0 Å². The highest BCUT2D eigenvalue weighted by atomic mass is 35.5. The van der Waals surface area contributed by atoms with Crippen LogP contribution < -0.4 is 4.74 Å². The van der Waals surface area contributed by atoms with Crippen molar-refractivity contribution in [1.29, 1.82) is 0 Å². The van der Waals surface area contributed by atoms with E-state index >= 15 is 0 Å². The molecule has 3 aromatic rings. The Kier molecular flexibility index (Phi) is 6.08. The summed E-state index contributed by atoms with van der Waals surface area (Å²) in [6, 6.07) is 10.9. The molecule has 10 heteroatoms. The fourth-order valence-electron chi connectivity index (χ4n) is 2.63. The van der Waals surface area contributed by atoms with E-state index in [4.69, 9.17) is 20.9 Å². The van der Waals surface area contributed by atoms with Crippen molar-refractivity contribution in [1.82, 2.24) is 15.0 Å². The second-order valence-electron chi connectivity index (χ2n) is 5.98. The summed E-state index contributed by atoms with van der Waals surface area (Å²) < 4.78 is 10.4. The van der Waals surface area contributed by atoms with Gasteiger partial charge in [-0.2, -0.15) is 4.98 Å². The molecule has 0 aliphatic heterocycles. The molecule has 1 amide bonds. The lowest BCUT2D eigenvalue weighted by Crippen LogP contribution is -2.30. The van der Waals surface area contributed by atoms with Crippen molar-refractivity contribution < 1.29 is 19.0 Å². The minimum atomic E-state index is -0.573. The summed E-state index contributed by atoms with van der Waals surface area (Å²) in [6.07, 6.45) is 0. The Bertz CT molecular complexity index is 1040. The molecular weight excluding hydrogens is 400 g/mol. The summed E-state index contributed by atoms with van der Waals surface area (Å²) in [4.78, 5) is 28.8. The molecule has 0 fully saturated rings. The van der Waals surface area contributed by atoms with Gasteiger partial charge in [0.2, 0.25) is 11.7 Å². The predicted octanol–water partition coefficient (Wildman–Crippen LogP) is 3.97. The highest BCUT2D eigenvalue weighted by Gasteiger charge is 2.22. The van der Waals surface area contributed by atoms with Gasteiger partial charge < -0.3 is 14.2 Å². The number of nitrogens with zero attached hydrogens (tertiary/aromatic N) is 4. The molecule has 0 unspecified atom stereocenters. The number of hydrogen-bond donors (Lipinski definition) is 0. The molecule has 150 valence electrons. The lowest BCUT2D eigenvalue weighted by atomic mass is 10.1. The number of amides is 1. The van der Waals surface area contributed by atoms with Crippen LogP contribution in [0.15, 0.2) is 47.0 Å². The zero-order valence-electron chi connectivity index (χ0n) is 15.7. The van der Waals surface area contributed by atoms with Gasteiger partial charge >= 0.3 is 0 Å². The minimum Gasteiger partial charge on any atom is -0.497 e. The number of nitro groups is 1. The predicted molar refractivity (Wildman–Crippen MR) is 105 cm³/mol. The van der Waals surface area contributed by atoms with Crippen LogP contribution in [0.1, 0.15) is 23.2 Å². The van der Waals surface area contributed by atoms with Crippen LogP contribution in [0.25, 0.3) is 11.4 Å². The van der Waals surface area contributed by atoms with Gasteiger partial charge in [0.15, 0.2) is 0 Å².